The number of aryl methyl sites for hydroxylation is 1. The molecule has 1 unspecified atom stereocenters. The highest BCUT2D eigenvalue weighted by atomic mass is 16.5. The van der Waals surface area contributed by atoms with Gasteiger partial charge in [0.2, 0.25) is 0 Å². The number of aliphatic hydroxyl groups excluding tert-OH is 1. The van der Waals surface area contributed by atoms with Gasteiger partial charge in [0, 0.05) is 31.2 Å². The average molecular weight is 347 g/mol. The second kappa shape index (κ2) is 9.56. The summed E-state index contributed by atoms with van der Waals surface area (Å²) in [6.45, 7) is 2.87. The molecular formula is C20H29NO4. The van der Waals surface area contributed by atoms with Crippen molar-refractivity contribution < 1.29 is 19.4 Å². The van der Waals surface area contributed by atoms with Gasteiger partial charge in [-0.05, 0) is 49.8 Å². The molecule has 1 atom stereocenters. The largest absolute Gasteiger partial charge is 0.469 e. The molecule has 0 aromatic heterocycles. The lowest BCUT2D eigenvalue weighted by Crippen LogP contribution is -2.33. The Hall–Kier alpha value is -1.88. The van der Waals surface area contributed by atoms with Gasteiger partial charge in [-0.2, -0.15) is 0 Å². The van der Waals surface area contributed by atoms with Gasteiger partial charge in [0.25, 0.3) is 5.91 Å². The third kappa shape index (κ3) is 5.05. The van der Waals surface area contributed by atoms with Crippen LogP contribution in [-0.4, -0.2) is 41.6 Å². The smallest absolute Gasteiger partial charge is 0.305 e. The fourth-order valence-corrected chi connectivity index (χ4v) is 3.37. The summed E-state index contributed by atoms with van der Waals surface area (Å²) in [6, 6.07) is 5.99. The zero-order valence-corrected chi connectivity index (χ0v) is 15.3. The highest BCUT2D eigenvalue weighted by Gasteiger charge is 2.32. The molecule has 1 N–H and O–H groups in total. The lowest BCUT2D eigenvalue weighted by molar-refractivity contribution is -0.141. The molecular weight excluding hydrogens is 318 g/mol. The number of carbonyl (C=O) groups is 2. The standard InChI is InChI=1S/C20H29NO4/c1-15(11-12-19(23)25-2)21-14-18-16(8-5-3-4-6-13-22)9-7-10-17(18)20(21)24/h7,9-10,15,22H,3-6,8,11-14H2,1-2H3. The average Bonchev–Trinajstić information content (AvgIpc) is 2.97. The summed E-state index contributed by atoms with van der Waals surface area (Å²) < 4.78 is 4.69. The van der Waals surface area contributed by atoms with Crippen LogP contribution >= 0.6 is 0 Å². The molecule has 0 spiro atoms. The minimum absolute atomic E-state index is 0.0106. The minimum Gasteiger partial charge on any atom is -0.469 e. The molecule has 138 valence electrons. The Labute approximate surface area is 150 Å². The molecule has 5 nitrogen and oxygen atoms in total. The lowest BCUT2D eigenvalue weighted by atomic mass is 9.98. The number of hydrogen-bond donors (Lipinski definition) is 1. The van der Waals surface area contributed by atoms with Gasteiger partial charge in [-0.3, -0.25) is 9.59 Å². The highest BCUT2D eigenvalue weighted by Crippen LogP contribution is 2.29. The predicted octanol–water partition coefficient (Wildman–Crippen LogP) is 3.08. The van der Waals surface area contributed by atoms with E-state index in [0.29, 0.717) is 19.4 Å². The summed E-state index contributed by atoms with van der Waals surface area (Å²) in [5, 5.41) is 8.84. The maximum Gasteiger partial charge on any atom is 0.305 e. The zero-order valence-electron chi connectivity index (χ0n) is 15.3. The van der Waals surface area contributed by atoms with Gasteiger partial charge in [-0.25, -0.2) is 0 Å². The Morgan fingerprint density at radius 3 is 2.76 bits per heavy atom. The summed E-state index contributed by atoms with van der Waals surface area (Å²) in [5.74, 6) is -0.172. The highest BCUT2D eigenvalue weighted by molar-refractivity contribution is 5.99. The molecule has 1 heterocycles. The molecule has 0 saturated carbocycles. The summed E-state index contributed by atoms with van der Waals surface area (Å²) in [4.78, 5) is 25.9. The van der Waals surface area contributed by atoms with Gasteiger partial charge >= 0.3 is 5.97 Å². The number of hydrogen-bond acceptors (Lipinski definition) is 4. The van der Waals surface area contributed by atoms with Crippen molar-refractivity contribution in [2.75, 3.05) is 13.7 Å². The minimum atomic E-state index is -0.237. The number of benzene rings is 1. The monoisotopic (exact) mass is 347 g/mol. The van der Waals surface area contributed by atoms with Crippen molar-refractivity contribution in [3.8, 4) is 0 Å². The van der Waals surface area contributed by atoms with Crippen molar-refractivity contribution in [2.24, 2.45) is 0 Å². The van der Waals surface area contributed by atoms with E-state index in [1.54, 1.807) is 0 Å². The van der Waals surface area contributed by atoms with Crippen molar-refractivity contribution in [1.29, 1.82) is 0 Å². The number of amides is 1. The van der Waals surface area contributed by atoms with E-state index < -0.39 is 0 Å². The molecule has 1 aromatic rings. The molecule has 25 heavy (non-hydrogen) atoms. The number of rotatable bonds is 10. The van der Waals surface area contributed by atoms with Crippen LogP contribution in [0.15, 0.2) is 18.2 Å². The number of methoxy groups -OCH3 is 1. The molecule has 0 fully saturated rings. The number of unbranched alkanes of at least 4 members (excludes halogenated alkanes) is 3. The Bertz CT molecular complexity index is 599. The fourth-order valence-electron chi connectivity index (χ4n) is 3.37. The van der Waals surface area contributed by atoms with Gasteiger partial charge in [0.15, 0.2) is 0 Å². The summed E-state index contributed by atoms with van der Waals surface area (Å²) in [7, 11) is 1.39. The van der Waals surface area contributed by atoms with E-state index in [4.69, 9.17) is 5.11 Å². The first-order valence-corrected chi connectivity index (χ1v) is 9.18. The number of carbonyl (C=O) groups excluding carboxylic acids is 2. The Morgan fingerprint density at radius 1 is 1.28 bits per heavy atom. The van der Waals surface area contributed by atoms with Crippen LogP contribution in [0.2, 0.25) is 0 Å². The van der Waals surface area contributed by atoms with E-state index in [0.717, 1.165) is 43.2 Å². The molecule has 1 aliphatic heterocycles. The van der Waals surface area contributed by atoms with E-state index in [1.807, 2.05) is 24.0 Å². The first kappa shape index (κ1) is 19.4. The van der Waals surface area contributed by atoms with Crippen LogP contribution in [0.4, 0.5) is 0 Å². The normalized spacial score (nSPS) is 14.5. The van der Waals surface area contributed by atoms with Crippen molar-refractivity contribution in [3.05, 3.63) is 34.9 Å². The Balaban J connectivity index is 1.97. The van der Waals surface area contributed by atoms with Crippen LogP contribution in [0.25, 0.3) is 0 Å². The number of nitrogens with zero attached hydrogens (tertiary/aromatic N) is 1. The van der Waals surface area contributed by atoms with Gasteiger partial charge in [0.1, 0.15) is 0 Å². The molecule has 0 bridgehead atoms. The molecule has 1 aliphatic rings. The van der Waals surface area contributed by atoms with Crippen LogP contribution in [0.1, 0.15) is 66.9 Å². The molecule has 0 saturated heterocycles. The van der Waals surface area contributed by atoms with Crippen molar-refractivity contribution >= 4 is 11.9 Å². The maximum atomic E-state index is 12.7. The van der Waals surface area contributed by atoms with E-state index in [2.05, 4.69) is 10.8 Å². The van der Waals surface area contributed by atoms with Crippen molar-refractivity contribution in [2.45, 2.75) is 64.5 Å². The van der Waals surface area contributed by atoms with E-state index in [-0.39, 0.29) is 24.5 Å². The number of ether oxygens (including phenoxy) is 1. The first-order valence-electron chi connectivity index (χ1n) is 9.18. The Morgan fingerprint density at radius 2 is 2.04 bits per heavy atom. The summed E-state index contributed by atoms with van der Waals surface area (Å²) >= 11 is 0. The third-order valence-electron chi connectivity index (χ3n) is 4.97. The quantitative estimate of drug-likeness (QED) is 0.522. The molecule has 5 heteroatoms. The first-order chi connectivity index (χ1) is 12.1. The SMILES string of the molecule is COC(=O)CCC(C)N1Cc2c(CCCCCCO)cccc2C1=O. The van der Waals surface area contributed by atoms with Crippen LogP contribution in [-0.2, 0) is 22.5 Å². The van der Waals surface area contributed by atoms with Crippen molar-refractivity contribution in [1.82, 2.24) is 4.90 Å². The number of fused-ring (bicyclic) bond motifs is 1. The fraction of sp³-hybridized carbons (Fsp3) is 0.600. The predicted molar refractivity (Wildman–Crippen MR) is 96.3 cm³/mol. The molecule has 1 aromatic carbocycles. The molecule has 0 radical (unpaired) electrons. The third-order valence-corrected chi connectivity index (χ3v) is 4.97. The van der Waals surface area contributed by atoms with Gasteiger partial charge in [0.05, 0.1) is 7.11 Å². The number of esters is 1. The second-order valence-electron chi connectivity index (χ2n) is 6.73. The summed E-state index contributed by atoms with van der Waals surface area (Å²) in [6.07, 6.45) is 5.97. The molecule has 0 aliphatic carbocycles. The topological polar surface area (TPSA) is 66.8 Å². The van der Waals surface area contributed by atoms with E-state index >= 15 is 0 Å². The second-order valence-corrected chi connectivity index (χ2v) is 6.73. The van der Waals surface area contributed by atoms with Gasteiger partial charge in [-0.15, -0.1) is 0 Å². The van der Waals surface area contributed by atoms with Crippen LogP contribution in [0.5, 0.6) is 0 Å². The van der Waals surface area contributed by atoms with E-state index in [9.17, 15) is 9.59 Å². The molecule has 1 amide bonds. The lowest BCUT2D eigenvalue weighted by Gasteiger charge is -2.24. The van der Waals surface area contributed by atoms with Gasteiger partial charge in [-0.1, -0.05) is 25.0 Å². The van der Waals surface area contributed by atoms with Crippen molar-refractivity contribution in [3.63, 3.8) is 0 Å². The maximum absolute atomic E-state index is 12.7. The van der Waals surface area contributed by atoms with Crippen LogP contribution in [0, 0.1) is 0 Å². The van der Waals surface area contributed by atoms with E-state index in [1.165, 1.54) is 12.7 Å². The Kier molecular flexibility index (Phi) is 7.44. The van der Waals surface area contributed by atoms with Crippen LogP contribution in [0.3, 0.4) is 0 Å². The zero-order chi connectivity index (χ0) is 18.2. The summed E-state index contributed by atoms with van der Waals surface area (Å²) in [5.41, 5.74) is 3.19. The number of aliphatic hydroxyl groups is 1. The van der Waals surface area contributed by atoms with Crippen LogP contribution < -0.4 is 0 Å². The molecule has 2 rings (SSSR count). The van der Waals surface area contributed by atoms with Gasteiger partial charge < -0.3 is 14.7 Å².